The van der Waals surface area contributed by atoms with Crippen molar-refractivity contribution in [2.24, 2.45) is 7.05 Å². The predicted molar refractivity (Wildman–Crippen MR) is 93.6 cm³/mol. The summed E-state index contributed by atoms with van der Waals surface area (Å²) in [5.41, 5.74) is 0.917. The van der Waals surface area contributed by atoms with Crippen molar-refractivity contribution in [3.05, 3.63) is 53.7 Å². The van der Waals surface area contributed by atoms with E-state index < -0.39 is 0 Å². The molecule has 4 rings (SSSR count). The molecular formula is C16H13N5OS2. The second kappa shape index (κ2) is 6.58. The van der Waals surface area contributed by atoms with Crippen LogP contribution in [-0.4, -0.2) is 25.0 Å². The number of thioether (sulfide) groups is 1. The lowest BCUT2D eigenvalue weighted by Gasteiger charge is -2.00. The molecule has 3 heterocycles. The summed E-state index contributed by atoms with van der Waals surface area (Å²) < 4.78 is 7.69. The third-order valence-electron chi connectivity index (χ3n) is 3.39. The minimum Gasteiger partial charge on any atom is -0.420 e. The number of aromatic nitrogens is 5. The fourth-order valence-electron chi connectivity index (χ4n) is 2.20. The van der Waals surface area contributed by atoms with E-state index in [0.29, 0.717) is 17.5 Å². The highest BCUT2D eigenvalue weighted by molar-refractivity contribution is 7.98. The third kappa shape index (κ3) is 2.98. The SMILES string of the molecule is Cn1c(SCc2nnc(-c3ccccc3)o2)nnc1-c1cccs1. The first-order valence-corrected chi connectivity index (χ1v) is 9.11. The molecule has 0 atom stereocenters. The zero-order valence-electron chi connectivity index (χ0n) is 12.8. The highest BCUT2D eigenvalue weighted by Crippen LogP contribution is 2.28. The van der Waals surface area contributed by atoms with Gasteiger partial charge in [0.25, 0.3) is 0 Å². The third-order valence-corrected chi connectivity index (χ3v) is 5.26. The highest BCUT2D eigenvalue weighted by Gasteiger charge is 2.14. The summed E-state index contributed by atoms with van der Waals surface area (Å²) >= 11 is 3.17. The molecular weight excluding hydrogens is 342 g/mol. The molecule has 3 aromatic heterocycles. The first kappa shape index (κ1) is 15.1. The van der Waals surface area contributed by atoms with Crippen molar-refractivity contribution in [3.8, 4) is 22.2 Å². The molecule has 6 nitrogen and oxygen atoms in total. The second-order valence-electron chi connectivity index (χ2n) is 5.00. The van der Waals surface area contributed by atoms with E-state index in [4.69, 9.17) is 4.42 Å². The zero-order valence-corrected chi connectivity index (χ0v) is 14.4. The molecule has 0 aliphatic carbocycles. The van der Waals surface area contributed by atoms with Crippen LogP contribution in [0.3, 0.4) is 0 Å². The van der Waals surface area contributed by atoms with E-state index in [1.54, 1.807) is 11.3 Å². The molecule has 0 spiro atoms. The Morgan fingerprint density at radius 1 is 1.04 bits per heavy atom. The minimum absolute atomic E-state index is 0.531. The van der Waals surface area contributed by atoms with E-state index >= 15 is 0 Å². The Bertz CT molecular complexity index is 931. The predicted octanol–water partition coefficient (Wildman–Crippen LogP) is 3.89. The summed E-state index contributed by atoms with van der Waals surface area (Å²) in [4.78, 5) is 1.10. The van der Waals surface area contributed by atoms with Gasteiger partial charge in [-0.25, -0.2) is 0 Å². The number of nitrogens with zero attached hydrogens (tertiary/aromatic N) is 5. The van der Waals surface area contributed by atoms with Crippen molar-refractivity contribution >= 4 is 23.1 Å². The van der Waals surface area contributed by atoms with E-state index in [2.05, 4.69) is 20.4 Å². The zero-order chi connectivity index (χ0) is 16.4. The van der Waals surface area contributed by atoms with E-state index in [1.807, 2.05) is 59.5 Å². The van der Waals surface area contributed by atoms with E-state index in [1.165, 1.54) is 11.8 Å². The smallest absolute Gasteiger partial charge is 0.247 e. The Kier molecular flexibility index (Phi) is 4.14. The molecule has 8 heteroatoms. The molecule has 0 N–H and O–H groups in total. The second-order valence-corrected chi connectivity index (χ2v) is 6.89. The first-order valence-electron chi connectivity index (χ1n) is 7.25. The molecule has 4 aromatic rings. The van der Waals surface area contributed by atoms with Crippen LogP contribution in [0.25, 0.3) is 22.2 Å². The summed E-state index contributed by atoms with van der Waals surface area (Å²) in [6.07, 6.45) is 0. The first-order chi connectivity index (χ1) is 11.8. The minimum atomic E-state index is 0.531. The maximum atomic E-state index is 5.71. The Morgan fingerprint density at radius 3 is 2.71 bits per heavy atom. The Hall–Kier alpha value is -2.45. The molecule has 0 saturated heterocycles. The van der Waals surface area contributed by atoms with Gasteiger partial charge in [0.2, 0.25) is 11.8 Å². The molecule has 0 aliphatic heterocycles. The van der Waals surface area contributed by atoms with Gasteiger partial charge in [-0.3, -0.25) is 0 Å². The number of thiophene rings is 1. The van der Waals surface area contributed by atoms with Gasteiger partial charge in [0.05, 0.1) is 10.6 Å². The molecule has 0 unspecified atom stereocenters. The van der Waals surface area contributed by atoms with Gasteiger partial charge in [0.1, 0.15) is 0 Å². The fraction of sp³-hybridized carbons (Fsp3) is 0.125. The van der Waals surface area contributed by atoms with Crippen LogP contribution in [-0.2, 0) is 12.8 Å². The standard InChI is InChI=1S/C16H13N5OS2/c1-21-14(12-8-5-9-23-12)18-20-16(21)24-10-13-17-19-15(22-13)11-6-3-2-4-7-11/h2-9H,10H2,1H3. The number of benzene rings is 1. The van der Waals surface area contributed by atoms with Gasteiger partial charge in [-0.2, -0.15) is 0 Å². The van der Waals surface area contributed by atoms with Gasteiger partial charge in [0, 0.05) is 12.6 Å². The van der Waals surface area contributed by atoms with Gasteiger partial charge < -0.3 is 8.98 Å². The average Bonchev–Trinajstić information content (AvgIpc) is 3.35. The van der Waals surface area contributed by atoms with E-state index in [9.17, 15) is 0 Å². The molecule has 0 saturated carbocycles. The monoisotopic (exact) mass is 355 g/mol. The maximum absolute atomic E-state index is 5.71. The summed E-state index contributed by atoms with van der Waals surface area (Å²) in [6.45, 7) is 0. The quantitative estimate of drug-likeness (QED) is 0.506. The summed E-state index contributed by atoms with van der Waals surface area (Å²) in [5.74, 6) is 2.52. The summed E-state index contributed by atoms with van der Waals surface area (Å²) in [6, 6.07) is 13.8. The molecule has 0 amide bonds. The van der Waals surface area contributed by atoms with Gasteiger partial charge in [0.15, 0.2) is 11.0 Å². The van der Waals surface area contributed by atoms with Crippen LogP contribution in [0.15, 0.2) is 57.4 Å². The normalized spacial score (nSPS) is 11.0. The lowest BCUT2D eigenvalue weighted by molar-refractivity contribution is 0.528. The van der Waals surface area contributed by atoms with Crippen molar-refractivity contribution in [1.29, 1.82) is 0 Å². The van der Waals surface area contributed by atoms with Crippen molar-refractivity contribution in [3.63, 3.8) is 0 Å². The van der Waals surface area contributed by atoms with Gasteiger partial charge in [-0.15, -0.1) is 31.7 Å². The molecule has 24 heavy (non-hydrogen) atoms. The Morgan fingerprint density at radius 2 is 1.92 bits per heavy atom. The lowest BCUT2D eigenvalue weighted by Crippen LogP contribution is -1.94. The molecule has 0 radical (unpaired) electrons. The summed E-state index contributed by atoms with van der Waals surface area (Å²) in [5, 5.41) is 19.5. The van der Waals surface area contributed by atoms with E-state index in [0.717, 1.165) is 21.4 Å². The van der Waals surface area contributed by atoms with Crippen LogP contribution >= 0.6 is 23.1 Å². The lowest BCUT2D eigenvalue weighted by atomic mass is 10.2. The average molecular weight is 355 g/mol. The van der Waals surface area contributed by atoms with Crippen molar-refractivity contribution in [2.45, 2.75) is 10.9 Å². The largest absolute Gasteiger partial charge is 0.420 e. The van der Waals surface area contributed by atoms with Crippen LogP contribution in [0, 0.1) is 0 Å². The number of rotatable bonds is 5. The Balaban J connectivity index is 1.47. The number of hydrogen-bond donors (Lipinski definition) is 0. The van der Waals surface area contributed by atoms with Crippen molar-refractivity contribution in [1.82, 2.24) is 25.0 Å². The van der Waals surface area contributed by atoms with Crippen LogP contribution in [0.2, 0.25) is 0 Å². The van der Waals surface area contributed by atoms with Crippen LogP contribution in [0.5, 0.6) is 0 Å². The fourth-order valence-corrected chi connectivity index (χ4v) is 3.69. The van der Waals surface area contributed by atoms with Crippen LogP contribution in [0.4, 0.5) is 0 Å². The topological polar surface area (TPSA) is 69.6 Å². The van der Waals surface area contributed by atoms with Crippen molar-refractivity contribution in [2.75, 3.05) is 0 Å². The summed E-state index contributed by atoms with van der Waals surface area (Å²) in [7, 11) is 1.96. The number of hydrogen-bond acceptors (Lipinski definition) is 7. The van der Waals surface area contributed by atoms with Crippen LogP contribution in [0.1, 0.15) is 5.89 Å². The van der Waals surface area contributed by atoms with Gasteiger partial charge in [-0.05, 0) is 23.6 Å². The Labute approximate surface area is 146 Å². The van der Waals surface area contributed by atoms with E-state index in [-0.39, 0.29) is 0 Å². The molecule has 120 valence electrons. The van der Waals surface area contributed by atoms with Crippen molar-refractivity contribution < 1.29 is 4.42 Å². The maximum Gasteiger partial charge on any atom is 0.247 e. The highest BCUT2D eigenvalue weighted by atomic mass is 32.2. The molecule has 1 aromatic carbocycles. The molecule has 0 fully saturated rings. The van der Waals surface area contributed by atoms with Crippen LogP contribution < -0.4 is 0 Å². The molecule has 0 aliphatic rings. The molecule has 0 bridgehead atoms. The van der Waals surface area contributed by atoms with Gasteiger partial charge in [-0.1, -0.05) is 36.0 Å². The van der Waals surface area contributed by atoms with Gasteiger partial charge >= 0.3 is 0 Å².